The Morgan fingerprint density at radius 2 is 1.94 bits per heavy atom. The van der Waals surface area contributed by atoms with Crippen LogP contribution in [-0.2, 0) is 4.74 Å². The van der Waals surface area contributed by atoms with Crippen molar-refractivity contribution in [1.29, 1.82) is 0 Å². The summed E-state index contributed by atoms with van der Waals surface area (Å²) in [5, 5.41) is 2.40. The third-order valence-electron chi connectivity index (χ3n) is 1.81. The number of hydrogen-bond donors (Lipinski definition) is 1. The minimum absolute atomic E-state index is 0.473. The van der Waals surface area contributed by atoms with Crippen LogP contribution in [0.4, 0.5) is 4.79 Å². The summed E-state index contributed by atoms with van der Waals surface area (Å²) in [5.41, 5.74) is 0. The van der Waals surface area contributed by atoms with Gasteiger partial charge in [-0.25, -0.2) is 4.79 Å². The molecular formula is C13H15NO2. The van der Waals surface area contributed by atoms with Crippen LogP contribution in [0, 0.1) is 0 Å². The van der Waals surface area contributed by atoms with Crippen molar-refractivity contribution in [1.82, 2.24) is 5.32 Å². The molecule has 0 saturated heterocycles. The Morgan fingerprint density at radius 3 is 2.69 bits per heavy atom. The Balaban J connectivity index is 2.76. The van der Waals surface area contributed by atoms with Crippen molar-refractivity contribution in [3.05, 3.63) is 60.4 Å². The zero-order chi connectivity index (χ0) is 11.6. The number of ether oxygens (including phenoxy) is 1. The van der Waals surface area contributed by atoms with Gasteiger partial charge in [-0.1, -0.05) is 42.5 Å². The molecule has 0 saturated carbocycles. The van der Waals surface area contributed by atoms with Crippen molar-refractivity contribution in [3.8, 4) is 0 Å². The normalized spacial score (nSPS) is 26.4. The van der Waals surface area contributed by atoms with E-state index in [1.165, 1.54) is 7.05 Å². The first-order valence-corrected chi connectivity index (χ1v) is 5.09. The number of carbonyl (C=O) groups excluding carboxylic acids is 1. The van der Waals surface area contributed by atoms with Gasteiger partial charge in [-0.15, -0.1) is 0 Å². The summed E-state index contributed by atoms with van der Waals surface area (Å²) in [6, 6.07) is 0. The van der Waals surface area contributed by atoms with Crippen LogP contribution in [0.25, 0.3) is 0 Å². The van der Waals surface area contributed by atoms with E-state index >= 15 is 0 Å². The molecule has 1 N–H and O–H groups in total. The van der Waals surface area contributed by atoms with Crippen molar-refractivity contribution in [2.45, 2.75) is 6.42 Å². The van der Waals surface area contributed by atoms with Gasteiger partial charge in [-0.05, 0) is 18.6 Å². The van der Waals surface area contributed by atoms with Gasteiger partial charge < -0.3 is 10.1 Å². The minimum atomic E-state index is -0.473. The number of hydrogen-bond acceptors (Lipinski definition) is 2. The summed E-state index contributed by atoms with van der Waals surface area (Å²) in [7, 11) is 1.52. The zero-order valence-corrected chi connectivity index (χ0v) is 9.22. The summed E-state index contributed by atoms with van der Waals surface area (Å²) in [6.07, 6.45) is 17.4. The smallest absolute Gasteiger partial charge is 0.410 e. The first-order valence-electron chi connectivity index (χ1n) is 5.09. The average molecular weight is 217 g/mol. The zero-order valence-electron chi connectivity index (χ0n) is 9.22. The van der Waals surface area contributed by atoms with Gasteiger partial charge in [0, 0.05) is 7.05 Å². The molecule has 16 heavy (non-hydrogen) atoms. The lowest BCUT2D eigenvalue weighted by atomic mass is 10.3. The summed E-state index contributed by atoms with van der Waals surface area (Å²) in [4.78, 5) is 11.0. The number of nitrogens with one attached hydrogen (secondary N) is 1. The van der Waals surface area contributed by atoms with Crippen LogP contribution in [0.5, 0.6) is 0 Å². The lowest BCUT2D eigenvalue weighted by Crippen LogP contribution is -2.18. The summed E-state index contributed by atoms with van der Waals surface area (Å²) >= 11 is 0. The Bertz CT molecular complexity index is 373. The quantitative estimate of drug-likeness (QED) is 0.733. The fourth-order valence-corrected chi connectivity index (χ4v) is 1.04. The number of amides is 1. The van der Waals surface area contributed by atoms with Crippen LogP contribution >= 0.6 is 0 Å². The predicted octanol–water partition coefficient (Wildman–Crippen LogP) is 2.85. The third kappa shape index (κ3) is 5.00. The summed E-state index contributed by atoms with van der Waals surface area (Å²) in [6.45, 7) is 0. The fourth-order valence-electron chi connectivity index (χ4n) is 1.04. The van der Waals surface area contributed by atoms with Gasteiger partial charge in [0.2, 0.25) is 0 Å². The van der Waals surface area contributed by atoms with E-state index in [0.29, 0.717) is 5.76 Å². The SMILES string of the molecule is CNC(=O)OC1=C/C=C\C=C/C/C=C\C=C\1. The van der Waals surface area contributed by atoms with Crippen LogP contribution < -0.4 is 5.32 Å². The molecule has 0 fully saturated rings. The monoisotopic (exact) mass is 217 g/mol. The van der Waals surface area contributed by atoms with E-state index in [1.807, 2.05) is 42.5 Å². The second-order valence-electron chi connectivity index (χ2n) is 3.04. The molecule has 3 nitrogen and oxygen atoms in total. The lowest BCUT2D eigenvalue weighted by molar-refractivity contribution is 0.181. The lowest BCUT2D eigenvalue weighted by Gasteiger charge is -2.02. The van der Waals surface area contributed by atoms with Crippen LogP contribution in [0.1, 0.15) is 6.42 Å². The second-order valence-corrected chi connectivity index (χ2v) is 3.04. The standard InChI is InChI=1S/C13H15NO2/c1-14-13(15)16-12-10-8-6-4-2-3-5-7-9-11-12/h2,4-11H,3H2,1H3,(H,14,15)/b4-2-,7-5-,8-6-,11-9+,12-10+. The van der Waals surface area contributed by atoms with E-state index in [1.54, 1.807) is 12.2 Å². The van der Waals surface area contributed by atoms with Crippen molar-refractivity contribution >= 4 is 6.09 Å². The van der Waals surface area contributed by atoms with Gasteiger partial charge in [-0.3, -0.25) is 0 Å². The number of alkyl carbamates (subject to hydrolysis) is 1. The molecule has 0 heterocycles. The molecule has 1 aliphatic rings. The largest absolute Gasteiger partial charge is 0.412 e. The van der Waals surface area contributed by atoms with Gasteiger partial charge >= 0.3 is 6.09 Å². The van der Waals surface area contributed by atoms with Gasteiger partial charge in [0.1, 0.15) is 5.76 Å². The molecule has 3 heteroatoms. The van der Waals surface area contributed by atoms with Crippen LogP contribution in [0.3, 0.4) is 0 Å². The summed E-state index contributed by atoms with van der Waals surface area (Å²) in [5.74, 6) is 0.496. The van der Waals surface area contributed by atoms with Gasteiger partial charge in [-0.2, -0.15) is 0 Å². The number of allylic oxidation sites excluding steroid dienone is 9. The van der Waals surface area contributed by atoms with E-state index in [2.05, 4.69) is 5.32 Å². The Hall–Kier alpha value is -2.03. The van der Waals surface area contributed by atoms with Crippen molar-refractivity contribution in [3.63, 3.8) is 0 Å². The first-order chi connectivity index (χ1) is 7.83. The topological polar surface area (TPSA) is 38.3 Å². The molecule has 1 rings (SSSR count). The molecule has 0 radical (unpaired) electrons. The molecule has 84 valence electrons. The third-order valence-corrected chi connectivity index (χ3v) is 1.81. The molecule has 0 aliphatic heterocycles. The average Bonchev–Trinajstić information content (AvgIpc) is 2.35. The van der Waals surface area contributed by atoms with E-state index in [9.17, 15) is 4.79 Å². The van der Waals surface area contributed by atoms with Crippen LogP contribution in [-0.4, -0.2) is 13.1 Å². The van der Waals surface area contributed by atoms with Gasteiger partial charge in [0.25, 0.3) is 0 Å². The highest BCUT2D eigenvalue weighted by atomic mass is 16.6. The van der Waals surface area contributed by atoms with E-state index in [0.717, 1.165) is 6.42 Å². The van der Waals surface area contributed by atoms with E-state index < -0.39 is 6.09 Å². The fraction of sp³-hybridized carbons (Fsp3) is 0.154. The van der Waals surface area contributed by atoms with Crippen LogP contribution in [0.2, 0.25) is 0 Å². The molecule has 0 spiro atoms. The molecular weight excluding hydrogens is 202 g/mol. The molecule has 1 aliphatic carbocycles. The molecule has 0 aromatic heterocycles. The second kappa shape index (κ2) is 7.29. The van der Waals surface area contributed by atoms with E-state index in [4.69, 9.17) is 4.74 Å². The highest BCUT2D eigenvalue weighted by Gasteiger charge is 1.99. The Labute approximate surface area is 95.5 Å². The highest BCUT2D eigenvalue weighted by Crippen LogP contribution is 2.02. The van der Waals surface area contributed by atoms with Crippen molar-refractivity contribution in [2.75, 3.05) is 7.05 Å². The molecule has 0 aromatic rings. The maximum absolute atomic E-state index is 11.0. The van der Waals surface area contributed by atoms with E-state index in [-0.39, 0.29) is 0 Å². The van der Waals surface area contributed by atoms with Gasteiger partial charge in [0.15, 0.2) is 0 Å². The minimum Gasteiger partial charge on any atom is -0.410 e. The number of rotatable bonds is 1. The Kier molecular flexibility index (Phi) is 5.48. The molecule has 0 atom stereocenters. The highest BCUT2D eigenvalue weighted by molar-refractivity contribution is 5.68. The van der Waals surface area contributed by atoms with Crippen molar-refractivity contribution < 1.29 is 9.53 Å². The molecule has 1 amide bonds. The number of carbonyl (C=O) groups is 1. The molecule has 0 bridgehead atoms. The maximum Gasteiger partial charge on any atom is 0.412 e. The first kappa shape index (κ1) is 12.0. The van der Waals surface area contributed by atoms with Crippen molar-refractivity contribution in [2.24, 2.45) is 0 Å². The molecule has 0 aromatic carbocycles. The maximum atomic E-state index is 11.0. The predicted molar refractivity (Wildman–Crippen MR) is 64.8 cm³/mol. The molecule has 0 unspecified atom stereocenters. The van der Waals surface area contributed by atoms with Gasteiger partial charge in [0.05, 0.1) is 0 Å². The summed E-state index contributed by atoms with van der Waals surface area (Å²) < 4.78 is 5.03. The Morgan fingerprint density at radius 1 is 1.19 bits per heavy atom. The van der Waals surface area contributed by atoms with Crippen LogP contribution in [0.15, 0.2) is 60.4 Å².